The summed E-state index contributed by atoms with van der Waals surface area (Å²) in [5, 5.41) is 9.10. The molecule has 2 aromatic rings. The molecule has 2 aromatic carbocycles. The monoisotopic (exact) mass is 491 g/mol. The fourth-order valence-electron chi connectivity index (χ4n) is 4.23. The van der Waals surface area contributed by atoms with Crippen LogP contribution in [0.2, 0.25) is 0 Å². The molecule has 188 valence electrons. The second kappa shape index (κ2) is 10.7. The van der Waals surface area contributed by atoms with Crippen molar-refractivity contribution in [1.29, 1.82) is 0 Å². The van der Waals surface area contributed by atoms with Gasteiger partial charge >= 0.3 is 11.7 Å². The van der Waals surface area contributed by atoms with E-state index in [0.29, 0.717) is 38.1 Å². The molecule has 2 heterocycles. The lowest BCUT2D eigenvalue weighted by Crippen LogP contribution is -2.32. The van der Waals surface area contributed by atoms with Gasteiger partial charge in [0, 0.05) is 26.1 Å². The van der Waals surface area contributed by atoms with E-state index in [2.05, 4.69) is 19.9 Å². The van der Waals surface area contributed by atoms with Gasteiger partial charge < -0.3 is 14.4 Å². The first kappa shape index (κ1) is 25.1. The summed E-state index contributed by atoms with van der Waals surface area (Å²) in [4.78, 5) is 48.6. The fourth-order valence-corrected chi connectivity index (χ4v) is 4.23. The molecule has 2 N–H and O–H groups in total. The summed E-state index contributed by atoms with van der Waals surface area (Å²) in [6.45, 7) is 6.11. The summed E-state index contributed by atoms with van der Waals surface area (Å²) in [5.74, 6) is 0.156. The smallest absolute Gasteiger partial charge is 0.349 e. The Morgan fingerprint density at radius 3 is 2.50 bits per heavy atom. The molecular formula is C26H29N5O5. The third-order valence-corrected chi connectivity index (χ3v) is 6.29. The molecule has 0 fully saturated rings. The molecule has 0 saturated carbocycles. The minimum absolute atomic E-state index is 0.0717. The quantitative estimate of drug-likeness (QED) is 0.324. The highest BCUT2D eigenvalue weighted by atomic mass is 16.5. The molecule has 10 heteroatoms. The average Bonchev–Trinajstić information content (AvgIpc) is 2.83. The Balaban J connectivity index is 1.70. The number of hydrogen-bond acceptors (Lipinski definition) is 7. The van der Waals surface area contributed by atoms with Gasteiger partial charge in [-0.25, -0.2) is 9.78 Å². The molecule has 0 bridgehead atoms. The molecule has 0 spiro atoms. The van der Waals surface area contributed by atoms with Gasteiger partial charge in [-0.1, -0.05) is 12.1 Å². The van der Waals surface area contributed by atoms with Crippen LogP contribution in [0.5, 0.6) is 5.75 Å². The van der Waals surface area contributed by atoms with E-state index in [9.17, 15) is 14.4 Å². The number of aromatic nitrogens is 4. The van der Waals surface area contributed by atoms with Crippen LogP contribution in [0.15, 0.2) is 46.0 Å². The van der Waals surface area contributed by atoms with Gasteiger partial charge in [0.1, 0.15) is 5.75 Å². The van der Waals surface area contributed by atoms with Crippen LogP contribution in [-0.4, -0.2) is 55.7 Å². The first-order chi connectivity index (χ1) is 17.2. The SMILES string of the molecule is COc1ccc(CN(CCCC(=O)O)CCn2c3nc(=O)[nH]c(=O)c-3nc3cc(C)c(C)cc32)cc1. The van der Waals surface area contributed by atoms with Gasteiger partial charge in [0.25, 0.3) is 5.56 Å². The Labute approximate surface area is 207 Å². The van der Waals surface area contributed by atoms with E-state index in [1.54, 1.807) is 7.11 Å². The van der Waals surface area contributed by atoms with Crippen molar-refractivity contribution in [3.63, 3.8) is 0 Å². The van der Waals surface area contributed by atoms with Crippen LogP contribution >= 0.6 is 0 Å². The summed E-state index contributed by atoms with van der Waals surface area (Å²) < 4.78 is 7.10. The first-order valence-electron chi connectivity index (χ1n) is 11.7. The molecule has 0 atom stereocenters. The Morgan fingerprint density at radius 1 is 1.08 bits per heavy atom. The van der Waals surface area contributed by atoms with Gasteiger partial charge in [-0.3, -0.25) is 19.5 Å². The number of benzene rings is 2. The van der Waals surface area contributed by atoms with E-state index in [4.69, 9.17) is 9.84 Å². The lowest BCUT2D eigenvalue weighted by Gasteiger charge is -2.25. The molecule has 0 aliphatic carbocycles. The number of carbonyl (C=O) groups is 1. The lowest BCUT2D eigenvalue weighted by atomic mass is 10.1. The Hall–Kier alpha value is -4.05. The maximum absolute atomic E-state index is 12.5. The van der Waals surface area contributed by atoms with Gasteiger partial charge in [0.2, 0.25) is 0 Å². The van der Waals surface area contributed by atoms with Crippen LogP contribution in [0.1, 0.15) is 29.5 Å². The third kappa shape index (κ3) is 5.60. The standard InChI is InChI=1S/C26H29N5O5/c1-16-13-20-21(14-17(16)2)31(24-23(27-20)25(34)29-26(35)28-24)12-11-30(10-4-5-22(32)33)15-18-6-8-19(36-3)9-7-18/h6-9,13-14H,4-5,10-12,15H2,1-3H3,(H,32,33)(H,29,34,35). The topological polar surface area (TPSA) is 130 Å². The number of aromatic amines is 1. The average molecular weight is 492 g/mol. The molecular weight excluding hydrogens is 462 g/mol. The molecule has 0 amide bonds. The Morgan fingerprint density at radius 2 is 1.81 bits per heavy atom. The van der Waals surface area contributed by atoms with Crippen molar-refractivity contribution < 1.29 is 14.6 Å². The molecule has 2 aliphatic rings. The number of ether oxygens (including phenoxy) is 1. The number of aryl methyl sites for hydroxylation is 2. The van der Waals surface area contributed by atoms with Gasteiger partial charge in [0.05, 0.1) is 18.1 Å². The molecule has 0 saturated heterocycles. The minimum Gasteiger partial charge on any atom is -0.497 e. The lowest BCUT2D eigenvalue weighted by molar-refractivity contribution is -0.137. The second-order valence-corrected chi connectivity index (χ2v) is 8.85. The molecule has 2 aliphatic heterocycles. The van der Waals surface area contributed by atoms with E-state index in [1.807, 2.05) is 54.8 Å². The zero-order valence-electron chi connectivity index (χ0n) is 20.6. The van der Waals surface area contributed by atoms with E-state index >= 15 is 0 Å². The number of carboxylic acid groups (broad SMARTS) is 1. The summed E-state index contributed by atoms with van der Waals surface area (Å²) in [5.41, 5.74) is 3.39. The van der Waals surface area contributed by atoms with E-state index in [0.717, 1.165) is 28.0 Å². The van der Waals surface area contributed by atoms with Crippen molar-refractivity contribution in [2.45, 2.75) is 39.8 Å². The van der Waals surface area contributed by atoms with Crippen molar-refractivity contribution in [2.75, 3.05) is 20.2 Å². The Kier molecular flexibility index (Phi) is 7.44. The van der Waals surface area contributed by atoms with Crippen molar-refractivity contribution >= 4 is 17.0 Å². The highest BCUT2D eigenvalue weighted by molar-refractivity contribution is 5.81. The van der Waals surface area contributed by atoms with E-state index in [1.165, 1.54) is 0 Å². The van der Waals surface area contributed by atoms with Gasteiger partial charge in [0.15, 0.2) is 11.5 Å². The number of fused-ring (bicyclic) bond motifs is 2. The van der Waals surface area contributed by atoms with Crippen LogP contribution in [0.4, 0.5) is 0 Å². The fraction of sp³-hybridized carbons (Fsp3) is 0.346. The van der Waals surface area contributed by atoms with Crippen molar-refractivity contribution in [3.05, 3.63) is 73.9 Å². The molecule has 36 heavy (non-hydrogen) atoms. The van der Waals surface area contributed by atoms with Crippen molar-refractivity contribution in [3.8, 4) is 17.3 Å². The number of hydrogen-bond donors (Lipinski definition) is 2. The van der Waals surface area contributed by atoms with E-state index < -0.39 is 17.2 Å². The number of carboxylic acids is 1. The minimum atomic E-state index is -0.836. The normalized spacial score (nSPS) is 11.4. The number of nitrogens with zero attached hydrogens (tertiary/aromatic N) is 4. The number of rotatable bonds is 10. The maximum Gasteiger partial charge on any atom is 0.349 e. The Bertz CT molecular complexity index is 1480. The van der Waals surface area contributed by atoms with Crippen LogP contribution in [-0.2, 0) is 17.9 Å². The second-order valence-electron chi connectivity index (χ2n) is 8.85. The van der Waals surface area contributed by atoms with Crippen molar-refractivity contribution in [2.24, 2.45) is 0 Å². The number of nitrogens with one attached hydrogen (secondary N) is 1. The number of aliphatic carboxylic acids is 1. The van der Waals surface area contributed by atoms with Crippen LogP contribution in [0.3, 0.4) is 0 Å². The molecule has 4 rings (SSSR count). The highest BCUT2D eigenvalue weighted by Gasteiger charge is 2.20. The molecule has 0 unspecified atom stereocenters. The number of methoxy groups -OCH3 is 1. The van der Waals surface area contributed by atoms with Gasteiger partial charge in [-0.05, 0) is 67.8 Å². The van der Waals surface area contributed by atoms with Crippen LogP contribution in [0, 0.1) is 13.8 Å². The largest absolute Gasteiger partial charge is 0.497 e. The van der Waals surface area contributed by atoms with Crippen LogP contribution in [0.25, 0.3) is 22.6 Å². The zero-order chi connectivity index (χ0) is 25.8. The predicted octanol–water partition coefficient (Wildman–Crippen LogP) is 2.58. The molecule has 0 radical (unpaired) electrons. The van der Waals surface area contributed by atoms with Gasteiger partial charge in [-0.2, -0.15) is 4.98 Å². The third-order valence-electron chi connectivity index (χ3n) is 6.29. The maximum atomic E-state index is 12.5. The highest BCUT2D eigenvalue weighted by Crippen LogP contribution is 2.24. The molecule has 10 nitrogen and oxygen atoms in total. The first-order valence-corrected chi connectivity index (χ1v) is 11.7. The zero-order valence-corrected chi connectivity index (χ0v) is 20.6. The van der Waals surface area contributed by atoms with E-state index in [-0.39, 0.29) is 17.9 Å². The molecule has 0 aromatic heterocycles. The summed E-state index contributed by atoms with van der Waals surface area (Å²) >= 11 is 0. The number of H-pyrrole nitrogens is 1. The van der Waals surface area contributed by atoms with Gasteiger partial charge in [-0.15, -0.1) is 0 Å². The van der Waals surface area contributed by atoms with Crippen molar-refractivity contribution in [1.82, 2.24) is 24.4 Å². The predicted molar refractivity (Wildman–Crippen MR) is 136 cm³/mol. The van der Waals surface area contributed by atoms with Crippen LogP contribution < -0.4 is 16.0 Å². The summed E-state index contributed by atoms with van der Waals surface area (Å²) in [6.07, 6.45) is 0.567. The summed E-state index contributed by atoms with van der Waals surface area (Å²) in [6, 6.07) is 11.6. The summed E-state index contributed by atoms with van der Waals surface area (Å²) in [7, 11) is 1.61.